The Balaban J connectivity index is 1.97. The Kier molecular flexibility index (Phi) is 4.37. The van der Waals surface area contributed by atoms with Crippen molar-refractivity contribution in [3.8, 4) is 0 Å². The van der Waals surface area contributed by atoms with Crippen LogP contribution in [0.15, 0.2) is 34.9 Å². The van der Waals surface area contributed by atoms with Gasteiger partial charge in [-0.05, 0) is 32.4 Å². The lowest BCUT2D eigenvalue weighted by atomic mass is 10.1. The monoisotopic (exact) mass is 288 g/mol. The summed E-state index contributed by atoms with van der Waals surface area (Å²) in [5.74, 6) is -0.136. The molecule has 0 radical (unpaired) electrons. The first-order valence-electron chi connectivity index (χ1n) is 6.48. The molecule has 0 fully saturated rings. The number of nitrogens with one attached hydrogen (secondary N) is 1. The molecule has 0 aliphatic carbocycles. The van der Waals surface area contributed by atoms with Crippen LogP contribution in [0.2, 0.25) is 0 Å². The van der Waals surface area contributed by atoms with Crippen LogP contribution in [-0.2, 0) is 9.53 Å². The van der Waals surface area contributed by atoms with E-state index in [0.717, 1.165) is 5.56 Å². The first-order chi connectivity index (χ1) is 9.97. The van der Waals surface area contributed by atoms with E-state index in [1.54, 1.807) is 38.1 Å². The molecule has 1 amide bonds. The second-order valence-corrected chi connectivity index (χ2v) is 4.67. The highest BCUT2D eigenvalue weighted by atomic mass is 16.5. The van der Waals surface area contributed by atoms with Gasteiger partial charge in [-0.2, -0.15) is 0 Å². The molecule has 1 aromatic carbocycles. The lowest BCUT2D eigenvalue weighted by molar-refractivity contribution is -0.123. The molecule has 0 aliphatic heterocycles. The molecule has 0 aliphatic rings. The van der Waals surface area contributed by atoms with E-state index in [2.05, 4.69) is 10.5 Å². The molecule has 6 heteroatoms. The standard InChI is InChI=1S/C15H16N2O4/c1-9-6-4-5-7-12(9)15(19)20-11(3)14(18)16-13-8-10(2)21-17-13/h4-8,11H,1-3H3,(H,16,17,18). The van der Waals surface area contributed by atoms with Gasteiger partial charge in [-0.3, -0.25) is 4.79 Å². The van der Waals surface area contributed by atoms with E-state index < -0.39 is 18.0 Å². The normalized spacial score (nSPS) is 11.8. The summed E-state index contributed by atoms with van der Waals surface area (Å²) in [5, 5.41) is 6.16. The van der Waals surface area contributed by atoms with Crippen LogP contribution < -0.4 is 5.32 Å². The molecular weight excluding hydrogens is 272 g/mol. The Morgan fingerprint density at radius 3 is 2.62 bits per heavy atom. The number of rotatable bonds is 4. The van der Waals surface area contributed by atoms with E-state index in [1.807, 2.05) is 6.07 Å². The van der Waals surface area contributed by atoms with Crippen molar-refractivity contribution in [2.24, 2.45) is 0 Å². The van der Waals surface area contributed by atoms with Crippen LogP contribution in [-0.4, -0.2) is 23.1 Å². The van der Waals surface area contributed by atoms with E-state index in [0.29, 0.717) is 11.3 Å². The quantitative estimate of drug-likeness (QED) is 0.874. The van der Waals surface area contributed by atoms with Crippen LogP contribution in [0, 0.1) is 13.8 Å². The summed E-state index contributed by atoms with van der Waals surface area (Å²) >= 11 is 0. The Morgan fingerprint density at radius 1 is 1.29 bits per heavy atom. The summed E-state index contributed by atoms with van der Waals surface area (Å²) in [6.07, 6.45) is -0.936. The topological polar surface area (TPSA) is 81.4 Å². The summed E-state index contributed by atoms with van der Waals surface area (Å²) in [4.78, 5) is 23.9. The molecule has 6 nitrogen and oxygen atoms in total. The summed E-state index contributed by atoms with van der Waals surface area (Å²) in [6.45, 7) is 5.02. The second-order valence-electron chi connectivity index (χ2n) is 4.67. The van der Waals surface area contributed by atoms with Crippen LogP contribution in [0.25, 0.3) is 0 Å². The number of hydrogen-bond donors (Lipinski definition) is 1. The number of esters is 1. The van der Waals surface area contributed by atoms with E-state index in [1.165, 1.54) is 6.92 Å². The third-order valence-corrected chi connectivity index (χ3v) is 2.90. The van der Waals surface area contributed by atoms with Crippen molar-refractivity contribution < 1.29 is 18.8 Å². The van der Waals surface area contributed by atoms with Crippen molar-refractivity contribution in [3.05, 3.63) is 47.2 Å². The van der Waals surface area contributed by atoms with Gasteiger partial charge in [0.05, 0.1) is 5.56 Å². The first-order valence-corrected chi connectivity index (χ1v) is 6.48. The molecule has 21 heavy (non-hydrogen) atoms. The highest BCUT2D eigenvalue weighted by molar-refractivity contribution is 5.97. The van der Waals surface area contributed by atoms with Gasteiger partial charge in [0.2, 0.25) is 0 Å². The predicted molar refractivity (Wildman–Crippen MR) is 75.9 cm³/mol. The summed E-state index contributed by atoms with van der Waals surface area (Å²) in [6, 6.07) is 8.61. The number of aryl methyl sites for hydroxylation is 2. The van der Waals surface area contributed by atoms with Crippen LogP contribution in [0.5, 0.6) is 0 Å². The van der Waals surface area contributed by atoms with Crippen molar-refractivity contribution in [3.63, 3.8) is 0 Å². The van der Waals surface area contributed by atoms with Gasteiger partial charge < -0.3 is 14.6 Å². The van der Waals surface area contributed by atoms with Crippen molar-refractivity contribution in [1.82, 2.24) is 5.16 Å². The number of carbonyl (C=O) groups excluding carboxylic acids is 2. The maximum Gasteiger partial charge on any atom is 0.339 e. The minimum Gasteiger partial charge on any atom is -0.449 e. The number of benzene rings is 1. The number of amides is 1. The van der Waals surface area contributed by atoms with Crippen LogP contribution in [0.3, 0.4) is 0 Å². The average molecular weight is 288 g/mol. The molecule has 1 aromatic heterocycles. The van der Waals surface area contributed by atoms with Gasteiger partial charge in [0.15, 0.2) is 11.9 Å². The van der Waals surface area contributed by atoms with Gasteiger partial charge in [0.1, 0.15) is 5.76 Å². The molecule has 1 atom stereocenters. The zero-order valence-electron chi connectivity index (χ0n) is 12.0. The summed E-state index contributed by atoms with van der Waals surface area (Å²) in [7, 11) is 0. The number of hydrogen-bond acceptors (Lipinski definition) is 5. The minimum atomic E-state index is -0.936. The molecule has 0 spiro atoms. The Morgan fingerprint density at radius 2 is 2.00 bits per heavy atom. The maximum absolute atomic E-state index is 12.0. The molecule has 0 bridgehead atoms. The van der Waals surface area contributed by atoms with E-state index in [9.17, 15) is 9.59 Å². The molecule has 110 valence electrons. The van der Waals surface area contributed by atoms with Crippen molar-refractivity contribution in [2.75, 3.05) is 5.32 Å². The fraction of sp³-hybridized carbons (Fsp3) is 0.267. The van der Waals surface area contributed by atoms with Crippen molar-refractivity contribution in [2.45, 2.75) is 26.9 Å². The fourth-order valence-corrected chi connectivity index (χ4v) is 1.73. The van der Waals surface area contributed by atoms with Crippen LogP contribution in [0.1, 0.15) is 28.6 Å². The van der Waals surface area contributed by atoms with Crippen molar-refractivity contribution in [1.29, 1.82) is 0 Å². The second kappa shape index (κ2) is 6.21. The highest BCUT2D eigenvalue weighted by Crippen LogP contribution is 2.12. The Labute approximate surface area is 122 Å². The first kappa shape index (κ1) is 14.8. The molecule has 0 saturated heterocycles. The largest absolute Gasteiger partial charge is 0.449 e. The van der Waals surface area contributed by atoms with Gasteiger partial charge in [-0.1, -0.05) is 23.4 Å². The Hall–Kier alpha value is -2.63. The molecule has 2 aromatic rings. The SMILES string of the molecule is Cc1cc(NC(=O)C(C)OC(=O)c2ccccc2C)no1. The van der Waals surface area contributed by atoms with Gasteiger partial charge >= 0.3 is 5.97 Å². The van der Waals surface area contributed by atoms with E-state index in [4.69, 9.17) is 9.26 Å². The molecule has 1 heterocycles. The molecular formula is C15H16N2O4. The molecule has 1 N–H and O–H groups in total. The average Bonchev–Trinajstić information content (AvgIpc) is 2.84. The smallest absolute Gasteiger partial charge is 0.339 e. The number of ether oxygens (including phenoxy) is 1. The fourth-order valence-electron chi connectivity index (χ4n) is 1.73. The molecule has 0 saturated carbocycles. The number of carbonyl (C=O) groups is 2. The summed E-state index contributed by atoms with van der Waals surface area (Å²) < 4.78 is 9.99. The van der Waals surface area contributed by atoms with Gasteiger partial charge in [-0.15, -0.1) is 0 Å². The van der Waals surface area contributed by atoms with Crippen LogP contribution >= 0.6 is 0 Å². The third-order valence-electron chi connectivity index (χ3n) is 2.90. The maximum atomic E-state index is 12.0. The van der Waals surface area contributed by atoms with Gasteiger partial charge in [-0.25, -0.2) is 4.79 Å². The molecule has 1 unspecified atom stereocenters. The lowest BCUT2D eigenvalue weighted by Gasteiger charge is -2.13. The minimum absolute atomic E-state index is 0.288. The number of anilines is 1. The lowest BCUT2D eigenvalue weighted by Crippen LogP contribution is -2.30. The van der Waals surface area contributed by atoms with Gasteiger partial charge in [0.25, 0.3) is 5.91 Å². The predicted octanol–water partition coefficient (Wildman–Crippen LogP) is 2.48. The third kappa shape index (κ3) is 3.68. The van der Waals surface area contributed by atoms with Crippen molar-refractivity contribution >= 4 is 17.7 Å². The Bertz CT molecular complexity index is 663. The number of nitrogens with zero attached hydrogens (tertiary/aromatic N) is 1. The number of aromatic nitrogens is 1. The van der Waals surface area contributed by atoms with E-state index in [-0.39, 0.29) is 5.82 Å². The molecule has 2 rings (SSSR count). The van der Waals surface area contributed by atoms with Crippen LogP contribution in [0.4, 0.5) is 5.82 Å². The zero-order valence-corrected chi connectivity index (χ0v) is 12.0. The highest BCUT2D eigenvalue weighted by Gasteiger charge is 2.20. The zero-order chi connectivity index (χ0) is 15.4. The van der Waals surface area contributed by atoms with E-state index >= 15 is 0 Å². The van der Waals surface area contributed by atoms with Gasteiger partial charge in [0, 0.05) is 6.07 Å². The summed E-state index contributed by atoms with van der Waals surface area (Å²) in [5.41, 5.74) is 1.23.